The van der Waals surface area contributed by atoms with Gasteiger partial charge in [0.15, 0.2) is 0 Å². The zero-order valence-corrected chi connectivity index (χ0v) is 11.5. The molecule has 2 unspecified atom stereocenters. The van der Waals surface area contributed by atoms with E-state index in [0.29, 0.717) is 0 Å². The predicted molar refractivity (Wildman–Crippen MR) is 48.1 cm³/mol. The molecule has 2 atom stereocenters. The zero-order chi connectivity index (χ0) is 15.8. The van der Waals surface area contributed by atoms with Gasteiger partial charge in [0, 0.05) is 0 Å². The molecule has 0 aliphatic rings. The Hall–Kier alpha value is -0.200. The van der Waals surface area contributed by atoms with E-state index < -0.39 is 43.5 Å². The lowest BCUT2D eigenvalue weighted by atomic mass is 14.4. The average molecular weight is 386 g/mol. The fourth-order valence-electron chi connectivity index (χ4n) is 0.229. The molecule has 0 heterocycles. The largest absolute Gasteiger partial charge is 0.456 e. The summed E-state index contributed by atoms with van der Waals surface area (Å²) in [5.74, 6) is 0. The van der Waals surface area contributed by atoms with Crippen LogP contribution in [-0.2, 0) is 79.6 Å². The van der Waals surface area contributed by atoms with Gasteiger partial charge in [-0.1, -0.05) is 21.7 Å². The molecular formula is H2O16S4. The van der Waals surface area contributed by atoms with Crippen molar-refractivity contribution >= 4 is 43.5 Å². The van der Waals surface area contributed by atoms with Crippen molar-refractivity contribution in [1.82, 2.24) is 0 Å². The molecule has 0 rings (SSSR count). The third kappa shape index (κ3) is 11.6. The van der Waals surface area contributed by atoms with Crippen LogP contribution in [-0.4, -0.2) is 34.4 Å². The molecule has 0 bridgehead atoms. The molecule has 0 fully saturated rings. The highest BCUT2D eigenvalue weighted by Gasteiger charge is 2.25. The van der Waals surface area contributed by atoms with Gasteiger partial charge in [-0.3, -0.25) is 9.11 Å². The van der Waals surface area contributed by atoms with Gasteiger partial charge in [0.25, 0.3) is 0 Å². The second-order valence-corrected chi connectivity index (χ2v) is 5.11. The van der Waals surface area contributed by atoms with E-state index in [1.807, 2.05) is 0 Å². The summed E-state index contributed by atoms with van der Waals surface area (Å²) in [6.45, 7) is 0. The molecule has 0 spiro atoms. The van der Waals surface area contributed by atoms with Crippen molar-refractivity contribution in [3.8, 4) is 0 Å². The van der Waals surface area contributed by atoms with Gasteiger partial charge < -0.3 is 0 Å². The van der Waals surface area contributed by atoms with Gasteiger partial charge in [-0.05, 0) is 14.4 Å². The van der Waals surface area contributed by atoms with E-state index in [2.05, 4.69) is 36.1 Å². The Morgan fingerprint density at radius 2 is 1.10 bits per heavy atom. The Balaban J connectivity index is 4.14. The molecule has 0 aromatic carbocycles. The van der Waals surface area contributed by atoms with E-state index in [9.17, 15) is 25.3 Å². The van der Waals surface area contributed by atoms with Crippen LogP contribution >= 0.6 is 0 Å². The minimum Gasteiger partial charge on any atom is -0.282 e. The van der Waals surface area contributed by atoms with E-state index >= 15 is 0 Å². The van der Waals surface area contributed by atoms with E-state index in [0.717, 1.165) is 0 Å². The number of hydrogen-bond donors (Lipinski definition) is 2. The van der Waals surface area contributed by atoms with E-state index in [-0.39, 0.29) is 0 Å². The monoisotopic (exact) mass is 386 g/mol. The fourth-order valence-corrected chi connectivity index (χ4v) is 1.44. The van der Waals surface area contributed by atoms with Crippen LogP contribution in [0.5, 0.6) is 0 Å². The summed E-state index contributed by atoms with van der Waals surface area (Å²) in [7, 11) is -10.7. The third-order valence-electron chi connectivity index (χ3n) is 0.589. The normalized spacial score (nSPS) is 15.9. The summed E-state index contributed by atoms with van der Waals surface area (Å²) < 4.78 is 96.8. The highest BCUT2D eigenvalue weighted by atomic mass is 32.3. The maximum atomic E-state index is 10.6. The van der Waals surface area contributed by atoms with E-state index in [1.54, 1.807) is 0 Å². The zero-order valence-electron chi connectivity index (χ0n) is 8.24. The Bertz CT molecular complexity index is 519. The van der Waals surface area contributed by atoms with Crippen LogP contribution in [0.15, 0.2) is 0 Å². The number of hydrogen-bond acceptors (Lipinski definition) is 14. The van der Waals surface area contributed by atoms with Crippen molar-refractivity contribution in [2.24, 2.45) is 0 Å². The molecule has 0 saturated carbocycles. The van der Waals surface area contributed by atoms with Crippen LogP contribution in [0.1, 0.15) is 0 Å². The molecule has 0 aliphatic heterocycles. The first kappa shape index (κ1) is 19.8. The lowest BCUT2D eigenvalue weighted by molar-refractivity contribution is -0.577. The van der Waals surface area contributed by atoms with Crippen molar-refractivity contribution < 1.29 is 70.4 Å². The molecular weight excluding hydrogens is 384 g/mol. The van der Waals surface area contributed by atoms with Crippen LogP contribution in [0, 0.1) is 0 Å². The fraction of sp³-hybridized carbons (Fsp3) is 0. The van der Waals surface area contributed by atoms with Gasteiger partial charge in [0.05, 0.1) is 0 Å². The molecule has 0 radical (unpaired) electrons. The second-order valence-electron chi connectivity index (χ2n) is 1.80. The Morgan fingerprint density at radius 3 is 1.55 bits per heavy atom. The van der Waals surface area contributed by atoms with Crippen molar-refractivity contribution in [1.29, 1.82) is 0 Å². The van der Waals surface area contributed by atoms with Gasteiger partial charge in [0.1, 0.15) is 0 Å². The van der Waals surface area contributed by atoms with Gasteiger partial charge in [-0.15, -0.1) is 0 Å². The lowest BCUT2D eigenvalue weighted by Gasteiger charge is -2.01. The standard InChI is InChI=1S/H2O16S4/c1-17(2)11-9-10-13-19(5,6)15-16-20(7,8)14-12-18(3)4/h(H,1,2)(H,3,4). The summed E-state index contributed by atoms with van der Waals surface area (Å²) in [5, 5.41) is 6.33. The van der Waals surface area contributed by atoms with Gasteiger partial charge in [-0.2, -0.15) is 25.3 Å². The molecule has 20 heteroatoms. The molecule has 16 nitrogen and oxygen atoms in total. The van der Waals surface area contributed by atoms with Crippen molar-refractivity contribution in [2.45, 2.75) is 0 Å². The molecule has 2 N–H and O–H groups in total. The summed E-state index contributed by atoms with van der Waals surface area (Å²) in [6.07, 6.45) is 0. The minimum atomic E-state index is -5.33. The smallest absolute Gasteiger partial charge is 0.282 e. The van der Waals surface area contributed by atoms with Gasteiger partial charge >= 0.3 is 43.5 Å². The van der Waals surface area contributed by atoms with Crippen LogP contribution < -0.4 is 0 Å². The molecule has 0 aromatic rings. The van der Waals surface area contributed by atoms with Crippen molar-refractivity contribution in [3.63, 3.8) is 0 Å². The van der Waals surface area contributed by atoms with E-state index in [4.69, 9.17) is 9.11 Å². The van der Waals surface area contributed by atoms with Crippen LogP contribution in [0.4, 0.5) is 0 Å². The van der Waals surface area contributed by atoms with Gasteiger partial charge in [-0.25, -0.2) is 0 Å². The van der Waals surface area contributed by atoms with Crippen molar-refractivity contribution in [2.75, 3.05) is 0 Å². The number of rotatable bonds is 11. The second kappa shape index (κ2) is 8.95. The molecule has 0 saturated heterocycles. The average Bonchev–Trinajstić information content (AvgIpc) is 2.30. The Morgan fingerprint density at radius 1 is 0.650 bits per heavy atom. The Labute approximate surface area is 114 Å². The van der Waals surface area contributed by atoms with E-state index in [1.165, 1.54) is 0 Å². The topological polar surface area (TPSA) is 217 Å². The van der Waals surface area contributed by atoms with Crippen molar-refractivity contribution in [3.05, 3.63) is 0 Å². The molecule has 20 heavy (non-hydrogen) atoms. The summed E-state index contributed by atoms with van der Waals surface area (Å²) in [5.41, 5.74) is 0. The summed E-state index contributed by atoms with van der Waals surface area (Å²) in [4.78, 5) is 0. The van der Waals surface area contributed by atoms with Crippen LogP contribution in [0.25, 0.3) is 0 Å². The first-order valence-electron chi connectivity index (χ1n) is 3.20. The Kier molecular flexibility index (Phi) is 8.86. The molecule has 0 aromatic heterocycles. The highest BCUT2D eigenvalue weighted by Crippen LogP contribution is 2.05. The van der Waals surface area contributed by atoms with Gasteiger partial charge in [0.2, 0.25) is 0 Å². The first-order chi connectivity index (χ1) is 9.04. The molecule has 0 aliphatic carbocycles. The summed E-state index contributed by atoms with van der Waals surface area (Å²) >= 11 is -6.18. The predicted octanol–water partition coefficient (Wildman–Crippen LogP) is -2.54. The highest BCUT2D eigenvalue weighted by molar-refractivity contribution is 7.84. The first-order valence-corrected chi connectivity index (χ1v) is 7.93. The summed E-state index contributed by atoms with van der Waals surface area (Å²) in [6, 6.07) is 0. The quantitative estimate of drug-likeness (QED) is 0.162. The van der Waals surface area contributed by atoms with Crippen LogP contribution in [0.2, 0.25) is 0 Å². The molecule has 0 amide bonds. The molecule has 122 valence electrons. The maximum Gasteiger partial charge on any atom is 0.456 e. The third-order valence-corrected chi connectivity index (χ3v) is 2.04. The lowest BCUT2D eigenvalue weighted by Crippen LogP contribution is -2.17. The van der Waals surface area contributed by atoms with Crippen LogP contribution in [0.3, 0.4) is 0 Å². The minimum absolute atomic E-state index is 3.00. The maximum absolute atomic E-state index is 10.6. The SMILES string of the molecule is O=S(O)OOOOS(=O)(=O)OOS(=O)(=O)OOS(=O)O.